The standard InChI is InChI=1S/C23H31N5O2/c29-23-19-16-27(9-8-20(19)25-22(26-23)18-4-2-1-3-5-18)15-17-6-7-21(24-14-17)28-10-12-30-13-11-28/h6-7,14,18H,1-5,8-13,15-16H2,(H,25,26,29). The van der Waals surface area contributed by atoms with Crippen LogP contribution in [0.25, 0.3) is 0 Å². The molecular weight excluding hydrogens is 378 g/mol. The van der Waals surface area contributed by atoms with Crippen LogP contribution in [-0.2, 0) is 24.2 Å². The summed E-state index contributed by atoms with van der Waals surface area (Å²) in [6.07, 6.45) is 8.92. The zero-order valence-corrected chi connectivity index (χ0v) is 17.6. The van der Waals surface area contributed by atoms with Crippen LogP contribution in [0.2, 0.25) is 0 Å². The number of aromatic amines is 1. The summed E-state index contributed by atoms with van der Waals surface area (Å²) in [7, 11) is 0. The van der Waals surface area contributed by atoms with Gasteiger partial charge in [-0.2, -0.15) is 0 Å². The molecule has 2 fully saturated rings. The van der Waals surface area contributed by atoms with Crippen molar-refractivity contribution in [3.05, 3.63) is 51.3 Å². The van der Waals surface area contributed by atoms with Crippen molar-refractivity contribution in [3.8, 4) is 0 Å². The predicted molar refractivity (Wildman–Crippen MR) is 116 cm³/mol. The number of pyridine rings is 1. The molecule has 2 aromatic rings. The van der Waals surface area contributed by atoms with Crippen LogP contribution in [0, 0.1) is 0 Å². The number of fused-ring (bicyclic) bond motifs is 1. The van der Waals surface area contributed by atoms with Crippen molar-refractivity contribution in [2.45, 2.75) is 57.5 Å². The molecule has 0 amide bonds. The average molecular weight is 410 g/mol. The third-order valence-electron chi connectivity index (χ3n) is 6.71. The van der Waals surface area contributed by atoms with E-state index in [1.807, 2.05) is 6.20 Å². The second kappa shape index (κ2) is 8.86. The summed E-state index contributed by atoms with van der Waals surface area (Å²) in [6.45, 7) is 5.72. The molecule has 2 aromatic heterocycles. The minimum absolute atomic E-state index is 0.0612. The lowest BCUT2D eigenvalue weighted by atomic mass is 9.88. The summed E-state index contributed by atoms with van der Waals surface area (Å²) < 4.78 is 5.42. The van der Waals surface area contributed by atoms with Gasteiger partial charge in [0.05, 0.1) is 24.5 Å². The van der Waals surface area contributed by atoms with E-state index in [1.54, 1.807) is 0 Å². The molecule has 1 aliphatic carbocycles. The van der Waals surface area contributed by atoms with Gasteiger partial charge >= 0.3 is 0 Å². The van der Waals surface area contributed by atoms with Crippen molar-refractivity contribution < 1.29 is 4.74 Å². The number of nitrogens with one attached hydrogen (secondary N) is 1. The van der Waals surface area contributed by atoms with Gasteiger partial charge in [0.1, 0.15) is 11.6 Å². The highest BCUT2D eigenvalue weighted by Gasteiger charge is 2.24. The fourth-order valence-corrected chi connectivity index (χ4v) is 4.95. The van der Waals surface area contributed by atoms with Crippen molar-refractivity contribution in [1.29, 1.82) is 0 Å². The van der Waals surface area contributed by atoms with Crippen molar-refractivity contribution in [2.24, 2.45) is 0 Å². The summed E-state index contributed by atoms with van der Waals surface area (Å²) >= 11 is 0. The van der Waals surface area contributed by atoms with Gasteiger partial charge in [-0.25, -0.2) is 9.97 Å². The van der Waals surface area contributed by atoms with E-state index in [4.69, 9.17) is 9.72 Å². The molecule has 1 saturated heterocycles. The molecule has 0 bridgehead atoms. The highest BCUT2D eigenvalue weighted by Crippen LogP contribution is 2.30. The molecule has 0 aromatic carbocycles. The summed E-state index contributed by atoms with van der Waals surface area (Å²) in [4.78, 5) is 30.0. The monoisotopic (exact) mass is 409 g/mol. The summed E-state index contributed by atoms with van der Waals surface area (Å²) in [6, 6.07) is 4.26. The van der Waals surface area contributed by atoms with Crippen molar-refractivity contribution in [2.75, 3.05) is 37.7 Å². The summed E-state index contributed by atoms with van der Waals surface area (Å²) in [5, 5.41) is 0. The Morgan fingerprint density at radius 1 is 1.10 bits per heavy atom. The number of hydrogen-bond donors (Lipinski definition) is 1. The molecule has 3 aliphatic rings. The number of morpholine rings is 1. The fourth-order valence-electron chi connectivity index (χ4n) is 4.95. The summed E-state index contributed by atoms with van der Waals surface area (Å²) in [5.74, 6) is 2.38. The van der Waals surface area contributed by atoms with Crippen LogP contribution in [0.4, 0.5) is 5.82 Å². The van der Waals surface area contributed by atoms with Gasteiger partial charge < -0.3 is 14.6 Å². The first kappa shape index (κ1) is 19.7. The molecule has 0 radical (unpaired) electrons. The Kier molecular flexibility index (Phi) is 5.82. The number of ether oxygens (including phenoxy) is 1. The highest BCUT2D eigenvalue weighted by molar-refractivity contribution is 5.39. The maximum Gasteiger partial charge on any atom is 0.255 e. The predicted octanol–water partition coefficient (Wildman–Crippen LogP) is 2.61. The third kappa shape index (κ3) is 4.27. The van der Waals surface area contributed by atoms with Crippen LogP contribution in [0.15, 0.2) is 23.1 Å². The zero-order valence-electron chi connectivity index (χ0n) is 17.6. The molecule has 160 valence electrons. The third-order valence-corrected chi connectivity index (χ3v) is 6.71. The smallest absolute Gasteiger partial charge is 0.255 e. The Balaban J connectivity index is 1.25. The Bertz CT molecular complexity index is 914. The van der Waals surface area contributed by atoms with Gasteiger partial charge in [-0.1, -0.05) is 25.3 Å². The minimum Gasteiger partial charge on any atom is -0.378 e. The number of H-pyrrole nitrogens is 1. The van der Waals surface area contributed by atoms with Gasteiger partial charge in [0.15, 0.2) is 0 Å². The van der Waals surface area contributed by atoms with E-state index >= 15 is 0 Å². The second-order valence-electron chi connectivity index (χ2n) is 8.80. The molecule has 0 unspecified atom stereocenters. The van der Waals surface area contributed by atoms with Gasteiger partial charge in [0.2, 0.25) is 0 Å². The first-order chi connectivity index (χ1) is 14.8. The lowest BCUT2D eigenvalue weighted by Gasteiger charge is -2.29. The number of anilines is 1. The van der Waals surface area contributed by atoms with Crippen molar-refractivity contribution >= 4 is 5.82 Å². The number of nitrogens with zero attached hydrogens (tertiary/aromatic N) is 4. The molecule has 7 heteroatoms. The Labute approximate surface area is 177 Å². The van der Waals surface area contributed by atoms with Gasteiger partial charge in [0, 0.05) is 51.3 Å². The topological polar surface area (TPSA) is 74.4 Å². The average Bonchev–Trinajstić information content (AvgIpc) is 2.81. The molecule has 0 spiro atoms. The largest absolute Gasteiger partial charge is 0.378 e. The summed E-state index contributed by atoms with van der Waals surface area (Å²) in [5.41, 5.74) is 3.10. The fraction of sp³-hybridized carbons (Fsp3) is 0.609. The van der Waals surface area contributed by atoms with E-state index in [-0.39, 0.29) is 5.56 Å². The molecule has 7 nitrogen and oxygen atoms in total. The van der Waals surface area contributed by atoms with Crippen LogP contribution in [0.3, 0.4) is 0 Å². The Morgan fingerprint density at radius 3 is 2.70 bits per heavy atom. The molecular formula is C23H31N5O2. The number of rotatable bonds is 4. The van der Waals surface area contributed by atoms with Crippen molar-refractivity contribution in [3.63, 3.8) is 0 Å². The van der Waals surface area contributed by atoms with E-state index < -0.39 is 0 Å². The van der Waals surface area contributed by atoms with Gasteiger partial charge in [-0.15, -0.1) is 0 Å². The lowest BCUT2D eigenvalue weighted by molar-refractivity contribution is 0.122. The molecule has 4 heterocycles. The van der Waals surface area contributed by atoms with Crippen LogP contribution in [-0.4, -0.2) is 52.7 Å². The van der Waals surface area contributed by atoms with Crippen LogP contribution < -0.4 is 10.5 Å². The maximum absolute atomic E-state index is 12.8. The van der Waals surface area contributed by atoms with E-state index in [1.165, 1.54) is 24.8 Å². The quantitative estimate of drug-likeness (QED) is 0.837. The van der Waals surface area contributed by atoms with Crippen molar-refractivity contribution in [1.82, 2.24) is 19.9 Å². The number of aromatic nitrogens is 3. The first-order valence-electron chi connectivity index (χ1n) is 11.4. The zero-order chi connectivity index (χ0) is 20.3. The van der Waals surface area contributed by atoms with E-state index in [2.05, 4.69) is 31.9 Å². The molecule has 2 aliphatic heterocycles. The minimum atomic E-state index is 0.0612. The molecule has 5 rings (SSSR count). The second-order valence-corrected chi connectivity index (χ2v) is 8.80. The Hall–Kier alpha value is -2.25. The van der Waals surface area contributed by atoms with Gasteiger partial charge in [0.25, 0.3) is 5.56 Å². The van der Waals surface area contributed by atoms with E-state index in [9.17, 15) is 4.79 Å². The molecule has 1 N–H and O–H groups in total. The SMILES string of the molecule is O=c1[nH]c(C2CCCCC2)nc2c1CN(Cc1ccc(N3CCOCC3)nc1)CC2. The van der Waals surface area contributed by atoms with Gasteiger partial charge in [-0.3, -0.25) is 9.69 Å². The highest BCUT2D eigenvalue weighted by atomic mass is 16.5. The molecule has 30 heavy (non-hydrogen) atoms. The van der Waals surface area contributed by atoms with E-state index in [0.717, 1.165) is 81.6 Å². The van der Waals surface area contributed by atoms with Crippen LogP contribution in [0.5, 0.6) is 0 Å². The number of hydrogen-bond acceptors (Lipinski definition) is 6. The van der Waals surface area contributed by atoms with Crippen LogP contribution >= 0.6 is 0 Å². The molecule has 0 atom stereocenters. The lowest BCUT2D eigenvalue weighted by Crippen LogP contribution is -2.37. The first-order valence-corrected chi connectivity index (χ1v) is 11.4. The maximum atomic E-state index is 12.8. The van der Waals surface area contributed by atoms with Gasteiger partial charge in [-0.05, 0) is 24.5 Å². The normalized spacial score (nSPS) is 20.9. The molecule has 1 saturated carbocycles. The van der Waals surface area contributed by atoms with E-state index in [0.29, 0.717) is 12.5 Å². The van der Waals surface area contributed by atoms with Crippen LogP contribution in [0.1, 0.15) is 60.7 Å². The Morgan fingerprint density at radius 2 is 1.93 bits per heavy atom.